The van der Waals surface area contributed by atoms with Crippen molar-refractivity contribution in [3.05, 3.63) is 57.5 Å². The van der Waals surface area contributed by atoms with Crippen molar-refractivity contribution < 1.29 is 9.59 Å². The highest BCUT2D eigenvalue weighted by Crippen LogP contribution is 2.23. The topological polar surface area (TPSA) is 84.2 Å². The van der Waals surface area contributed by atoms with E-state index in [4.69, 9.17) is 17.3 Å². The van der Waals surface area contributed by atoms with Crippen LogP contribution in [-0.4, -0.2) is 11.9 Å². The molecule has 0 saturated heterocycles. The Balaban J connectivity index is 2.08. The molecule has 0 saturated carbocycles. The summed E-state index contributed by atoms with van der Waals surface area (Å²) in [6.45, 7) is 0. The minimum atomic E-state index is -0.641. The first-order valence-electron chi connectivity index (χ1n) is 5.88. The maximum absolute atomic E-state index is 12.1. The van der Waals surface area contributed by atoms with E-state index in [2.05, 4.69) is 26.6 Å². The zero-order valence-corrected chi connectivity index (χ0v) is 13.0. The maximum Gasteiger partial charge on any atom is 0.316 e. The van der Waals surface area contributed by atoms with Crippen LogP contribution in [0.5, 0.6) is 0 Å². The largest absolute Gasteiger partial charge is 0.351 e. The molecule has 2 rings (SSSR count). The molecule has 108 valence electrons. The van der Waals surface area contributed by atoms with Crippen LogP contribution in [0.25, 0.3) is 0 Å². The molecule has 2 aromatic carbocycles. The Labute approximate surface area is 134 Å². The third-order valence-electron chi connectivity index (χ3n) is 2.59. The third-order valence-corrected chi connectivity index (χ3v) is 3.81. The standard InChI is InChI=1S/C14H11BrClN3O2/c15-11-7-8(1-6-12(11)16)13(20)18-9-2-4-10(5-3-9)19-14(17)21/h1-7H,(H,18,20)(H3,17,19,21). The summed E-state index contributed by atoms with van der Waals surface area (Å²) in [5, 5.41) is 5.71. The van der Waals surface area contributed by atoms with Gasteiger partial charge in [-0.25, -0.2) is 4.79 Å². The van der Waals surface area contributed by atoms with Crippen LogP contribution in [0.1, 0.15) is 10.4 Å². The minimum Gasteiger partial charge on any atom is -0.351 e. The Morgan fingerprint density at radius 2 is 1.57 bits per heavy atom. The molecule has 0 radical (unpaired) electrons. The SMILES string of the molecule is NC(=O)Nc1ccc(NC(=O)c2ccc(Cl)c(Br)c2)cc1. The monoisotopic (exact) mass is 367 g/mol. The van der Waals surface area contributed by atoms with Gasteiger partial charge in [-0.2, -0.15) is 0 Å². The highest BCUT2D eigenvalue weighted by atomic mass is 79.9. The van der Waals surface area contributed by atoms with Gasteiger partial charge in [0, 0.05) is 21.4 Å². The molecular weight excluding hydrogens is 358 g/mol. The molecule has 2 aromatic rings. The molecule has 4 N–H and O–H groups in total. The molecule has 0 unspecified atom stereocenters. The van der Waals surface area contributed by atoms with E-state index in [0.717, 1.165) is 0 Å². The van der Waals surface area contributed by atoms with E-state index in [1.54, 1.807) is 42.5 Å². The van der Waals surface area contributed by atoms with E-state index >= 15 is 0 Å². The molecule has 0 aliphatic rings. The zero-order valence-electron chi connectivity index (χ0n) is 10.7. The van der Waals surface area contributed by atoms with E-state index in [0.29, 0.717) is 26.4 Å². The van der Waals surface area contributed by atoms with Crippen LogP contribution < -0.4 is 16.4 Å². The average Bonchev–Trinajstić information content (AvgIpc) is 2.43. The Hall–Kier alpha value is -2.05. The van der Waals surface area contributed by atoms with Crippen molar-refractivity contribution in [3.63, 3.8) is 0 Å². The Bertz CT molecular complexity index is 689. The number of amides is 3. The number of hydrogen-bond acceptors (Lipinski definition) is 2. The number of carbonyl (C=O) groups is 2. The lowest BCUT2D eigenvalue weighted by Gasteiger charge is -2.07. The highest BCUT2D eigenvalue weighted by Gasteiger charge is 2.08. The molecule has 0 fully saturated rings. The van der Waals surface area contributed by atoms with Gasteiger partial charge < -0.3 is 16.4 Å². The fourth-order valence-corrected chi connectivity index (χ4v) is 2.12. The van der Waals surface area contributed by atoms with Gasteiger partial charge in [-0.3, -0.25) is 4.79 Å². The van der Waals surface area contributed by atoms with Crippen LogP contribution in [0.3, 0.4) is 0 Å². The number of benzene rings is 2. The highest BCUT2D eigenvalue weighted by molar-refractivity contribution is 9.10. The first kappa shape index (κ1) is 15.3. The Morgan fingerprint density at radius 3 is 2.10 bits per heavy atom. The van der Waals surface area contributed by atoms with Crippen molar-refractivity contribution in [2.45, 2.75) is 0 Å². The summed E-state index contributed by atoms with van der Waals surface area (Å²) in [4.78, 5) is 22.8. The van der Waals surface area contributed by atoms with Gasteiger partial charge in [0.05, 0.1) is 5.02 Å². The second kappa shape index (κ2) is 6.60. The minimum absolute atomic E-state index is 0.261. The van der Waals surface area contributed by atoms with Gasteiger partial charge in [-0.15, -0.1) is 0 Å². The molecule has 0 aliphatic carbocycles. The molecule has 0 atom stereocenters. The predicted molar refractivity (Wildman–Crippen MR) is 86.8 cm³/mol. The van der Waals surface area contributed by atoms with Crippen molar-refractivity contribution in [1.82, 2.24) is 0 Å². The number of hydrogen-bond donors (Lipinski definition) is 3. The van der Waals surface area contributed by atoms with Crippen LogP contribution >= 0.6 is 27.5 Å². The van der Waals surface area contributed by atoms with E-state index in [1.165, 1.54) is 0 Å². The third kappa shape index (κ3) is 4.21. The van der Waals surface area contributed by atoms with Gasteiger partial charge in [0.25, 0.3) is 5.91 Å². The fourth-order valence-electron chi connectivity index (χ4n) is 1.62. The van der Waals surface area contributed by atoms with Gasteiger partial charge in [0.2, 0.25) is 0 Å². The number of anilines is 2. The van der Waals surface area contributed by atoms with E-state index in [1.807, 2.05) is 0 Å². The fraction of sp³-hybridized carbons (Fsp3) is 0. The molecule has 3 amide bonds. The summed E-state index contributed by atoms with van der Waals surface area (Å²) in [7, 11) is 0. The van der Waals surface area contributed by atoms with Crippen molar-refractivity contribution in [3.8, 4) is 0 Å². The molecule has 7 heteroatoms. The summed E-state index contributed by atoms with van der Waals surface area (Å²) in [5.74, 6) is -0.261. The number of primary amides is 1. The Kier molecular flexibility index (Phi) is 4.82. The second-order valence-electron chi connectivity index (χ2n) is 4.15. The molecule has 0 aliphatic heterocycles. The van der Waals surface area contributed by atoms with Crippen LogP contribution in [0.2, 0.25) is 5.02 Å². The van der Waals surface area contributed by atoms with Gasteiger partial charge in [-0.05, 0) is 58.4 Å². The van der Waals surface area contributed by atoms with Crippen LogP contribution in [-0.2, 0) is 0 Å². The number of nitrogens with two attached hydrogens (primary N) is 1. The summed E-state index contributed by atoms with van der Waals surface area (Å²) >= 11 is 9.15. The summed E-state index contributed by atoms with van der Waals surface area (Å²) in [6.07, 6.45) is 0. The van der Waals surface area contributed by atoms with E-state index < -0.39 is 6.03 Å². The van der Waals surface area contributed by atoms with Crippen molar-refractivity contribution in [1.29, 1.82) is 0 Å². The molecule has 21 heavy (non-hydrogen) atoms. The number of nitrogens with one attached hydrogen (secondary N) is 2. The van der Waals surface area contributed by atoms with Gasteiger partial charge in [-0.1, -0.05) is 11.6 Å². The molecule has 0 aromatic heterocycles. The molecule has 0 bridgehead atoms. The van der Waals surface area contributed by atoms with E-state index in [-0.39, 0.29) is 5.91 Å². The lowest BCUT2D eigenvalue weighted by atomic mass is 10.2. The maximum atomic E-state index is 12.1. The Morgan fingerprint density at radius 1 is 1.00 bits per heavy atom. The predicted octanol–water partition coefficient (Wildman–Crippen LogP) is 3.85. The molecular formula is C14H11BrClN3O2. The number of halogens is 2. The molecule has 0 heterocycles. The lowest BCUT2D eigenvalue weighted by Crippen LogP contribution is -2.19. The van der Waals surface area contributed by atoms with Crippen molar-refractivity contribution in [2.75, 3.05) is 10.6 Å². The van der Waals surface area contributed by atoms with Crippen LogP contribution in [0.4, 0.5) is 16.2 Å². The first-order chi connectivity index (χ1) is 9.95. The molecule has 0 spiro atoms. The number of urea groups is 1. The second-order valence-corrected chi connectivity index (χ2v) is 5.41. The van der Waals surface area contributed by atoms with Crippen LogP contribution in [0, 0.1) is 0 Å². The summed E-state index contributed by atoms with van der Waals surface area (Å²) in [6, 6.07) is 10.9. The quantitative estimate of drug-likeness (QED) is 0.769. The summed E-state index contributed by atoms with van der Waals surface area (Å²) in [5.41, 5.74) is 6.64. The average molecular weight is 369 g/mol. The van der Waals surface area contributed by atoms with Crippen molar-refractivity contribution >= 4 is 50.8 Å². The first-order valence-corrected chi connectivity index (χ1v) is 7.06. The summed E-state index contributed by atoms with van der Waals surface area (Å²) < 4.78 is 0.651. The zero-order chi connectivity index (χ0) is 15.4. The lowest BCUT2D eigenvalue weighted by molar-refractivity contribution is 0.102. The number of rotatable bonds is 3. The van der Waals surface area contributed by atoms with E-state index in [9.17, 15) is 9.59 Å². The molecule has 5 nitrogen and oxygen atoms in total. The smallest absolute Gasteiger partial charge is 0.316 e. The number of carbonyl (C=O) groups excluding carboxylic acids is 2. The van der Waals surface area contributed by atoms with Crippen molar-refractivity contribution in [2.24, 2.45) is 5.73 Å². The van der Waals surface area contributed by atoms with Crippen LogP contribution in [0.15, 0.2) is 46.9 Å². The van der Waals surface area contributed by atoms with Gasteiger partial charge in [0.15, 0.2) is 0 Å². The van der Waals surface area contributed by atoms with Gasteiger partial charge >= 0.3 is 6.03 Å². The normalized spacial score (nSPS) is 10.0. The van der Waals surface area contributed by atoms with Gasteiger partial charge in [0.1, 0.15) is 0 Å².